The second-order valence-corrected chi connectivity index (χ2v) is 3.71. The van der Waals surface area contributed by atoms with Crippen LogP contribution in [0.2, 0.25) is 0 Å². The molecule has 0 aliphatic rings. The fraction of sp³-hybridized carbons (Fsp3) is 1.00. The van der Waals surface area contributed by atoms with E-state index in [1.165, 1.54) is 44.9 Å². The lowest BCUT2D eigenvalue weighted by atomic mass is 9.98. The van der Waals surface area contributed by atoms with E-state index in [-0.39, 0.29) is 0 Å². The Morgan fingerprint density at radius 1 is 1.00 bits per heavy atom. The Morgan fingerprint density at radius 3 is 2.17 bits per heavy atom. The van der Waals surface area contributed by atoms with Crippen LogP contribution in [-0.4, -0.2) is 6.54 Å². The molecule has 1 heteroatoms. The van der Waals surface area contributed by atoms with Crippen LogP contribution in [0.4, 0.5) is 0 Å². The molecule has 2 N–H and O–H groups in total. The summed E-state index contributed by atoms with van der Waals surface area (Å²) in [6, 6.07) is 0. The predicted octanol–water partition coefficient (Wildman–Crippen LogP) is 3.33. The first-order valence-electron chi connectivity index (χ1n) is 5.55. The van der Waals surface area contributed by atoms with Gasteiger partial charge in [0, 0.05) is 0 Å². The monoisotopic (exact) mass is 171 g/mol. The quantitative estimate of drug-likeness (QED) is 0.557. The first kappa shape index (κ1) is 12.0. The summed E-state index contributed by atoms with van der Waals surface area (Å²) in [5.41, 5.74) is 5.62. The summed E-state index contributed by atoms with van der Waals surface area (Å²) in [5, 5.41) is 0. The molecule has 0 fully saturated rings. The summed E-state index contributed by atoms with van der Waals surface area (Å²) in [6.07, 6.45) is 9.55. The van der Waals surface area contributed by atoms with Gasteiger partial charge < -0.3 is 5.73 Å². The van der Waals surface area contributed by atoms with Crippen LogP contribution in [-0.2, 0) is 0 Å². The van der Waals surface area contributed by atoms with Crippen LogP contribution in [0, 0.1) is 5.92 Å². The molecule has 0 aromatic carbocycles. The van der Waals surface area contributed by atoms with Gasteiger partial charge in [-0.05, 0) is 18.9 Å². The van der Waals surface area contributed by atoms with Crippen molar-refractivity contribution in [2.45, 2.75) is 58.8 Å². The largest absolute Gasteiger partial charge is 0.330 e. The highest BCUT2D eigenvalue weighted by atomic mass is 14.5. The van der Waals surface area contributed by atoms with E-state index in [1.54, 1.807) is 0 Å². The summed E-state index contributed by atoms with van der Waals surface area (Å²) in [6.45, 7) is 5.38. The van der Waals surface area contributed by atoms with Crippen molar-refractivity contribution in [1.82, 2.24) is 0 Å². The molecule has 0 unspecified atom stereocenters. The minimum absolute atomic E-state index is 0.784. The normalized spacial score (nSPS) is 13.2. The van der Waals surface area contributed by atoms with Crippen molar-refractivity contribution in [1.29, 1.82) is 0 Å². The Morgan fingerprint density at radius 2 is 1.67 bits per heavy atom. The van der Waals surface area contributed by atoms with Crippen LogP contribution < -0.4 is 5.73 Å². The van der Waals surface area contributed by atoms with E-state index >= 15 is 0 Å². The molecule has 0 heterocycles. The van der Waals surface area contributed by atoms with Crippen LogP contribution in [0.15, 0.2) is 0 Å². The second kappa shape index (κ2) is 9.05. The SMILES string of the molecule is CCCCCCC[C@@H](CC)CN. The molecule has 0 rings (SSSR count). The van der Waals surface area contributed by atoms with Gasteiger partial charge in [-0.2, -0.15) is 0 Å². The van der Waals surface area contributed by atoms with E-state index in [9.17, 15) is 0 Å². The number of hydrogen-bond acceptors (Lipinski definition) is 1. The lowest BCUT2D eigenvalue weighted by molar-refractivity contribution is 0.448. The maximum absolute atomic E-state index is 5.62. The molecule has 12 heavy (non-hydrogen) atoms. The van der Waals surface area contributed by atoms with E-state index in [4.69, 9.17) is 5.73 Å². The van der Waals surface area contributed by atoms with Crippen molar-refractivity contribution in [3.8, 4) is 0 Å². The number of rotatable bonds is 8. The van der Waals surface area contributed by atoms with Gasteiger partial charge in [0.1, 0.15) is 0 Å². The van der Waals surface area contributed by atoms with Gasteiger partial charge in [0.25, 0.3) is 0 Å². The Hall–Kier alpha value is -0.0400. The minimum atomic E-state index is 0.784. The Bertz CT molecular complexity index is 77.1. The van der Waals surface area contributed by atoms with Gasteiger partial charge in [0.15, 0.2) is 0 Å². The molecule has 0 aliphatic heterocycles. The van der Waals surface area contributed by atoms with Gasteiger partial charge in [-0.3, -0.25) is 0 Å². The molecule has 0 aliphatic carbocycles. The van der Waals surface area contributed by atoms with Crippen molar-refractivity contribution < 1.29 is 0 Å². The maximum atomic E-state index is 5.62. The molecule has 0 aromatic rings. The van der Waals surface area contributed by atoms with Crippen molar-refractivity contribution in [2.24, 2.45) is 11.7 Å². The summed E-state index contributed by atoms with van der Waals surface area (Å²) in [4.78, 5) is 0. The molecule has 74 valence electrons. The average molecular weight is 171 g/mol. The van der Waals surface area contributed by atoms with Crippen molar-refractivity contribution >= 4 is 0 Å². The van der Waals surface area contributed by atoms with Crippen LogP contribution in [0.1, 0.15) is 58.8 Å². The smallest absolute Gasteiger partial charge is 0.00490 e. The maximum Gasteiger partial charge on any atom is -0.00490 e. The first-order chi connectivity index (χ1) is 5.85. The number of hydrogen-bond donors (Lipinski definition) is 1. The third kappa shape index (κ3) is 6.66. The molecule has 0 saturated heterocycles. The Kier molecular flexibility index (Phi) is 9.02. The van der Waals surface area contributed by atoms with Gasteiger partial charge in [-0.25, -0.2) is 0 Å². The van der Waals surface area contributed by atoms with Crippen LogP contribution in [0.5, 0.6) is 0 Å². The minimum Gasteiger partial charge on any atom is -0.330 e. The van der Waals surface area contributed by atoms with E-state index in [1.807, 2.05) is 0 Å². The molecule has 0 saturated carbocycles. The van der Waals surface area contributed by atoms with Crippen molar-refractivity contribution in [3.05, 3.63) is 0 Å². The molecule has 1 atom stereocenters. The highest BCUT2D eigenvalue weighted by molar-refractivity contribution is 4.57. The zero-order valence-corrected chi connectivity index (χ0v) is 8.81. The van der Waals surface area contributed by atoms with Gasteiger partial charge >= 0.3 is 0 Å². The fourth-order valence-corrected chi connectivity index (χ4v) is 1.53. The van der Waals surface area contributed by atoms with Gasteiger partial charge in [0.05, 0.1) is 0 Å². The standard InChI is InChI=1S/C11H25N/c1-3-5-6-7-8-9-11(4-2)10-12/h11H,3-10,12H2,1-2H3/t11-/m1/s1. The number of unbranched alkanes of at least 4 members (excludes halogenated alkanes) is 4. The molecule has 0 radical (unpaired) electrons. The molecule has 0 amide bonds. The molecular weight excluding hydrogens is 146 g/mol. The van der Waals surface area contributed by atoms with E-state index in [2.05, 4.69) is 13.8 Å². The van der Waals surface area contributed by atoms with E-state index in [0.717, 1.165) is 12.5 Å². The molecule has 0 bridgehead atoms. The second-order valence-electron chi connectivity index (χ2n) is 3.71. The summed E-state index contributed by atoms with van der Waals surface area (Å²) >= 11 is 0. The molecule has 1 nitrogen and oxygen atoms in total. The van der Waals surface area contributed by atoms with Crippen LogP contribution in [0.3, 0.4) is 0 Å². The van der Waals surface area contributed by atoms with Gasteiger partial charge in [0.2, 0.25) is 0 Å². The molecule has 0 spiro atoms. The van der Waals surface area contributed by atoms with Crippen LogP contribution in [0.25, 0.3) is 0 Å². The van der Waals surface area contributed by atoms with E-state index in [0.29, 0.717) is 0 Å². The summed E-state index contributed by atoms with van der Waals surface area (Å²) < 4.78 is 0. The Labute approximate surface area is 77.7 Å². The summed E-state index contributed by atoms with van der Waals surface area (Å²) in [5.74, 6) is 0.784. The molecule has 0 aromatic heterocycles. The molecular formula is C11H25N. The topological polar surface area (TPSA) is 26.0 Å². The zero-order chi connectivity index (χ0) is 9.23. The lowest BCUT2D eigenvalue weighted by Crippen LogP contribution is -2.12. The lowest BCUT2D eigenvalue weighted by Gasteiger charge is -2.10. The van der Waals surface area contributed by atoms with Gasteiger partial charge in [-0.15, -0.1) is 0 Å². The average Bonchev–Trinajstić information content (AvgIpc) is 2.11. The van der Waals surface area contributed by atoms with Gasteiger partial charge in [-0.1, -0.05) is 52.4 Å². The van der Waals surface area contributed by atoms with Crippen LogP contribution >= 0.6 is 0 Å². The third-order valence-electron chi connectivity index (χ3n) is 2.63. The van der Waals surface area contributed by atoms with Crippen molar-refractivity contribution in [2.75, 3.05) is 6.54 Å². The summed E-state index contributed by atoms with van der Waals surface area (Å²) in [7, 11) is 0. The van der Waals surface area contributed by atoms with Crippen molar-refractivity contribution in [3.63, 3.8) is 0 Å². The first-order valence-corrected chi connectivity index (χ1v) is 5.55. The van der Waals surface area contributed by atoms with E-state index < -0.39 is 0 Å². The fourth-order valence-electron chi connectivity index (χ4n) is 1.53. The highest BCUT2D eigenvalue weighted by Crippen LogP contribution is 2.13. The third-order valence-corrected chi connectivity index (χ3v) is 2.63. The predicted molar refractivity (Wildman–Crippen MR) is 56.2 cm³/mol. The zero-order valence-electron chi connectivity index (χ0n) is 8.81. The number of nitrogens with two attached hydrogens (primary N) is 1. The highest BCUT2D eigenvalue weighted by Gasteiger charge is 2.01. The Balaban J connectivity index is 3.06.